The summed E-state index contributed by atoms with van der Waals surface area (Å²) in [7, 11) is 3.72. The molecule has 8 heteroatoms. The molecule has 0 fully saturated rings. The molecule has 0 aliphatic carbocycles. The van der Waals surface area contributed by atoms with Crippen LogP contribution < -0.4 is 10.6 Å². The van der Waals surface area contributed by atoms with Gasteiger partial charge in [-0.05, 0) is 56.2 Å². The van der Waals surface area contributed by atoms with Crippen LogP contribution in [0.25, 0.3) is 5.76 Å². The van der Waals surface area contributed by atoms with E-state index in [4.69, 9.17) is 4.74 Å². The standard InChI is InChI=1S/C17H16N2O2S.C8H14N2O/c1-12-16(14-7-3-4-8-15(14)22-19(12)2)21-17(20)13-6-5-10-18-11-9-13;1-4-5-6-8(9-3)10-7(2)11/h3-8,10-11H,9H2,1-2H3;4-6,9H,1-3H3,(H,10,11)/b;5-4-,8-6+. The topological polar surface area (TPSA) is 83.0 Å². The maximum atomic E-state index is 12.4. The third-order valence-corrected chi connectivity index (χ3v) is 5.65. The Hall–Kier alpha value is -3.52. The summed E-state index contributed by atoms with van der Waals surface area (Å²) in [5, 5.41) is 5.47. The third kappa shape index (κ3) is 7.84. The summed E-state index contributed by atoms with van der Waals surface area (Å²) in [6, 6.07) is 7.93. The molecule has 7 nitrogen and oxygen atoms in total. The van der Waals surface area contributed by atoms with Crippen LogP contribution in [0.15, 0.2) is 87.8 Å². The highest BCUT2D eigenvalue weighted by Gasteiger charge is 2.25. The number of benzene rings is 1. The second-order valence-electron chi connectivity index (χ2n) is 7.00. The monoisotopic (exact) mass is 466 g/mol. The molecule has 2 N–H and O–H groups in total. The number of nitrogens with one attached hydrogen (secondary N) is 2. The Morgan fingerprint density at radius 3 is 2.73 bits per heavy atom. The summed E-state index contributed by atoms with van der Waals surface area (Å²) in [4.78, 5) is 28.1. The SMILES string of the molecule is C/C=C\C=C(/NC)NC(C)=O.CC1=C(OC(=O)C2=CC=CN=CC2)c2ccccc2SN1C. The van der Waals surface area contributed by atoms with Gasteiger partial charge < -0.3 is 19.7 Å². The van der Waals surface area contributed by atoms with Gasteiger partial charge in [-0.15, -0.1) is 0 Å². The molecule has 1 aromatic rings. The number of aliphatic imine (C=N–C) groups is 1. The zero-order valence-corrected chi connectivity index (χ0v) is 20.4. The van der Waals surface area contributed by atoms with Gasteiger partial charge in [-0.25, -0.2) is 4.79 Å². The number of nitrogens with zero attached hydrogens (tertiary/aromatic N) is 2. The van der Waals surface area contributed by atoms with E-state index in [1.807, 2.05) is 61.6 Å². The van der Waals surface area contributed by atoms with Gasteiger partial charge in [0.05, 0.1) is 5.70 Å². The second-order valence-corrected chi connectivity index (χ2v) is 8.17. The van der Waals surface area contributed by atoms with Gasteiger partial charge in [0.15, 0.2) is 5.76 Å². The zero-order chi connectivity index (χ0) is 24.2. The number of carbonyl (C=O) groups excluding carboxylic acids is 2. The molecule has 2 aliphatic rings. The molecule has 2 aliphatic heterocycles. The molecule has 33 heavy (non-hydrogen) atoms. The zero-order valence-electron chi connectivity index (χ0n) is 19.6. The number of allylic oxidation sites excluding steroid dienone is 6. The molecule has 2 heterocycles. The average Bonchev–Trinajstić information content (AvgIpc) is 3.09. The van der Waals surface area contributed by atoms with Crippen molar-refractivity contribution >= 4 is 35.8 Å². The Morgan fingerprint density at radius 1 is 1.27 bits per heavy atom. The maximum Gasteiger partial charge on any atom is 0.339 e. The van der Waals surface area contributed by atoms with Crippen LogP contribution in [0.3, 0.4) is 0 Å². The van der Waals surface area contributed by atoms with Crippen molar-refractivity contribution in [1.29, 1.82) is 0 Å². The number of rotatable bonds is 5. The predicted octanol–water partition coefficient (Wildman–Crippen LogP) is 4.54. The minimum atomic E-state index is -0.331. The summed E-state index contributed by atoms with van der Waals surface area (Å²) >= 11 is 1.63. The highest BCUT2D eigenvalue weighted by Crippen LogP contribution is 2.40. The van der Waals surface area contributed by atoms with Crippen LogP contribution in [0.1, 0.15) is 32.8 Å². The fourth-order valence-electron chi connectivity index (χ4n) is 2.78. The molecule has 0 spiro atoms. The van der Waals surface area contributed by atoms with E-state index in [9.17, 15) is 9.59 Å². The summed E-state index contributed by atoms with van der Waals surface area (Å²) in [6.45, 7) is 5.34. The number of esters is 1. The summed E-state index contributed by atoms with van der Waals surface area (Å²) in [5.74, 6) is 0.918. The molecule has 3 rings (SSSR count). The number of amides is 1. The Labute approximate surface area is 199 Å². The van der Waals surface area contributed by atoms with Gasteiger partial charge in [0.25, 0.3) is 0 Å². The average molecular weight is 467 g/mol. The van der Waals surface area contributed by atoms with Gasteiger partial charge in [0.1, 0.15) is 5.82 Å². The van der Waals surface area contributed by atoms with Crippen molar-refractivity contribution in [3.63, 3.8) is 0 Å². The number of hydrogen-bond acceptors (Lipinski definition) is 7. The molecule has 0 saturated heterocycles. The van der Waals surface area contributed by atoms with Gasteiger partial charge in [-0.2, -0.15) is 0 Å². The first-order chi connectivity index (χ1) is 15.9. The van der Waals surface area contributed by atoms with Gasteiger partial charge in [-0.3, -0.25) is 9.79 Å². The summed E-state index contributed by atoms with van der Waals surface area (Å²) < 4.78 is 7.73. The van der Waals surface area contributed by atoms with E-state index in [1.54, 1.807) is 49.6 Å². The molecule has 1 amide bonds. The largest absolute Gasteiger partial charge is 0.421 e. The number of fused-ring (bicyclic) bond motifs is 1. The molecule has 0 radical (unpaired) electrons. The minimum Gasteiger partial charge on any atom is -0.421 e. The molecule has 1 aromatic carbocycles. The maximum absolute atomic E-state index is 12.4. The number of hydrogen-bond donors (Lipinski definition) is 2. The molecule has 0 saturated carbocycles. The Balaban J connectivity index is 0.000000299. The minimum absolute atomic E-state index is 0.0740. The lowest BCUT2D eigenvalue weighted by Gasteiger charge is -2.28. The smallest absolute Gasteiger partial charge is 0.339 e. The first kappa shape index (κ1) is 25.7. The van der Waals surface area contributed by atoms with E-state index in [1.165, 1.54) is 6.92 Å². The Bertz CT molecular complexity index is 1050. The molecule has 0 aromatic heterocycles. The van der Waals surface area contributed by atoms with E-state index in [0.29, 0.717) is 23.6 Å². The van der Waals surface area contributed by atoms with Crippen LogP contribution in [0.4, 0.5) is 0 Å². The van der Waals surface area contributed by atoms with Crippen molar-refractivity contribution in [2.24, 2.45) is 4.99 Å². The number of carbonyl (C=O) groups is 2. The lowest BCUT2D eigenvalue weighted by Crippen LogP contribution is -2.27. The van der Waals surface area contributed by atoms with E-state index >= 15 is 0 Å². The van der Waals surface area contributed by atoms with Crippen molar-refractivity contribution in [3.8, 4) is 0 Å². The van der Waals surface area contributed by atoms with Gasteiger partial charge in [0, 0.05) is 55.9 Å². The van der Waals surface area contributed by atoms with Crippen LogP contribution in [0.5, 0.6) is 0 Å². The van der Waals surface area contributed by atoms with Crippen molar-refractivity contribution in [3.05, 3.63) is 83.5 Å². The summed E-state index contributed by atoms with van der Waals surface area (Å²) in [5.41, 5.74) is 2.47. The van der Waals surface area contributed by atoms with Gasteiger partial charge in [-0.1, -0.05) is 24.3 Å². The van der Waals surface area contributed by atoms with Gasteiger partial charge >= 0.3 is 5.97 Å². The first-order valence-electron chi connectivity index (χ1n) is 10.5. The van der Waals surface area contributed by atoms with Crippen molar-refractivity contribution < 1.29 is 14.3 Å². The molecule has 0 unspecified atom stereocenters. The van der Waals surface area contributed by atoms with Crippen LogP contribution in [0, 0.1) is 0 Å². The van der Waals surface area contributed by atoms with Crippen LogP contribution in [0.2, 0.25) is 0 Å². The third-order valence-electron chi connectivity index (χ3n) is 4.55. The Kier molecular flexibility index (Phi) is 10.2. The normalized spacial score (nSPS) is 15.2. The fraction of sp³-hybridized carbons (Fsp3) is 0.240. The highest BCUT2D eigenvalue weighted by atomic mass is 32.2. The van der Waals surface area contributed by atoms with Crippen molar-refractivity contribution in [1.82, 2.24) is 14.9 Å². The number of ether oxygens (including phenoxy) is 1. The van der Waals surface area contributed by atoms with E-state index < -0.39 is 0 Å². The van der Waals surface area contributed by atoms with E-state index in [-0.39, 0.29) is 11.9 Å². The van der Waals surface area contributed by atoms with Crippen LogP contribution in [-0.2, 0) is 14.3 Å². The summed E-state index contributed by atoms with van der Waals surface area (Å²) in [6.07, 6.45) is 12.9. The van der Waals surface area contributed by atoms with Crippen molar-refractivity contribution in [2.45, 2.75) is 32.1 Å². The lowest BCUT2D eigenvalue weighted by atomic mass is 10.1. The van der Waals surface area contributed by atoms with Crippen LogP contribution in [-0.4, -0.2) is 36.5 Å². The molecule has 0 bridgehead atoms. The highest BCUT2D eigenvalue weighted by molar-refractivity contribution is 7.97. The second kappa shape index (κ2) is 13.1. The lowest BCUT2D eigenvalue weighted by molar-refractivity contribution is -0.132. The van der Waals surface area contributed by atoms with Crippen molar-refractivity contribution in [2.75, 3.05) is 14.1 Å². The van der Waals surface area contributed by atoms with Gasteiger partial charge in [0.2, 0.25) is 5.91 Å². The molecule has 0 atom stereocenters. The molecular formula is C25H30N4O3S. The first-order valence-corrected chi connectivity index (χ1v) is 11.2. The van der Waals surface area contributed by atoms with E-state index in [2.05, 4.69) is 15.6 Å². The fourth-order valence-corrected chi connectivity index (χ4v) is 3.70. The van der Waals surface area contributed by atoms with Crippen LogP contribution >= 0.6 is 11.9 Å². The molecular weight excluding hydrogens is 436 g/mol. The van der Waals surface area contributed by atoms with E-state index in [0.717, 1.165) is 16.2 Å². The quantitative estimate of drug-likeness (QED) is 0.377. The predicted molar refractivity (Wildman–Crippen MR) is 135 cm³/mol. The Morgan fingerprint density at radius 2 is 2.03 bits per heavy atom. The molecule has 174 valence electrons.